The van der Waals surface area contributed by atoms with E-state index in [2.05, 4.69) is 3.53 Å². The molecular formula is C6H11F2IN2O2. The van der Waals surface area contributed by atoms with Crippen molar-refractivity contribution < 1.29 is 18.7 Å². The first-order valence-electron chi connectivity index (χ1n) is 3.59. The van der Waals surface area contributed by atoms with E-state index in [1.807, 2.05) is 22.9 Å². The molecule has 0 spiro atoms. The van der Waals surface area contributed by atoms with Crippen LogP contribution >= 0.6 is 22.9 Å². The fourth-order valence-electron chi connectivity index (χ4n) is 0.757. The van der Waals surface area contributed by atoms with Gasteiger partial charge in [0.05, 0.1) is 0 Å². The molecule has 0 radical (unpaired) electrons. The molecule has 0 aliphatic carbocycles. The van der Waals surface area contributed by atoms with E-state index in [-0.39, 0.29) is 6.42 Å². The van der Waals surface area contributed by atoms with Crippen LogP contribution in [-0.2, 0) is 4.79 Å². The van der Waals surface area contributed by atoms with Gasteiger partial charge in [-0.25, -0.2) is 13.6 Å². The second kappa shape index (κ2) is 5.66. The SMILES string of the molecule is NC(CCCNI)(C(=O)O)C(F)F. The molecule has 0 bridgehead atoms. The van der Waals surface area contributed by atoms with Crippen LogP contribution in [-0.4, -0.2) is 29.6 Å². The maximum atomic E-state index is 12.2. The number of nitrogens with two attached hydrogens (primary N) is 1. The van der Waals surface area contributed by atoms with Crippen LogP contribution in [0.2, 0.25) is 0 Å². The first-order valence-corrected chi connectivity index (χ1v) is 4.67. The Morgan fingerprint density at radius 2 is 2.23 bits per heavy atom. The van der Waals surface area contributed by atoms with Gasteiger partial charge in [-0.1, -0.05) is 0 Å². The summed E-state index contributed by atoms with van der Waals surface area (Å²) in [6.45, 7) is 0.458. The third kappa shape index (κ3) is 3.69. The molecule has 7 heteroatoms. The molecule has 13 heavy (non-hydrogen) atoms. The number of carbonyl (C=O) groups is 1. The second-order valence-electron chi connectivity index (χ2n) is 2.63. The third-order valence-corrected chi connectivity index (χ3v) is 2.19. The number of nitrogens with one attached hydrogen (secondary N) is 1. The molecule has 78 valence electrons. The average molecular weight is 308 g/mol. The number of hydrogen-bond acceptors (Lipinski definition) is 3. The van der Waals surface area contributed by atoms with Gasteiger partial charge < -0.3 is 10.8 Å². The number of carboxylic acid groups (broad SMARTS) is 1. The first-order chi connectivity index (χ1) is 5.95. The normalized spacial score (nSPS) is 15.8. The average Bonchev–Trinajstić information content (AvgIpc) is 2.03. The Hall–Kier alpha value is -0.0200. The summed E-state index contributed by atoms with van der Waals surface area (Å²) in [6.07, 6.45) is -2.98. The van der Waals surface area contributed by atoms with Gasteiger partial charge >= 0.3 is 5.97 Å². The van der Waals surface area contributed by atoms with Crippen LogP contribution in [0.5, 0.6) is 0 Å². The highest BCUT2D eigenvalue weighted by molar-refractivity contribution is 14.1. The van der Waals surface area contributed by atoms with Crippen molar-refractivity contribution in [3.05, 3.63) is 0 Å². The zero-order chi connectivity index (χ0) is 10.5. The molecule has 0 aliphatic heterocycles. The van der Waals surface area contributed by atoms with Gasteiger partial charge in [0, 0.05) is 29.4 Å². The van der Waals surface area contributed by atoms with Crippen LogP contribution in [0.25, 0.3) is 0 Å². The molecule has 0 aromatic heterocycles. The highest BCUT2D eigenvalue weighted by Gasteiger charge is 2.43. The van der Waals surface area contributed by atoms with E-state index in [1.54, 1.807) is 0 Å². The minimum absolute atomic E-state index is 0.240. The van der Waals surface area contributed by atoms with Crippen LogP contribution < -0.4 is 9.26 Å². The Morgan fingerprint density at radius 3 is 2.54 bits per heavy atom. The van der Waals surface area contributed by atoms with Crippen molar-refractivity contribution in [2.45, 2.75) is 24.8 Å². The van der Waals surface area contributed by atoms with Crippen molar-refractivity contribution >= 4 is 28.8 Å². The summed E-state index contributed by atoms with van der Waals surface area (Å²) in [5.41, 5.74) is 2.64. The molecule has 0 fully saturated rings. The molecule has 0 saturated heterocycles. The summed E-state index contributed by atoms with van der Waals surface area (Å²) in [6, 6.07) is 0. The third-order valence-electron chi connectivity index (χ3n) is 1.65. The number of aliphatic carboxylic acids is 1. The molecule has 0 saturated carbocycles. The lowest BCUT2D eigenvalue weighted by Gasteiger charge is -2.23. The van der Waals surface area contributed by atoms with Gasteiger partial charge in [-0.15, -0.1) is 0 Å². The Labute approximate surface area is 88.4 Å². The van der Waals surface area contributed by atoms with Crippen LogP contribution in [0.3, 0.4) is 0 Å². The zero-order valence-electron chi connectivity index (χ0n) is 6.77. The van der Waals surface area contributed by atoms with Gasteiger partial charge in [-0.3, -0.25) is 3.53 Å². The summed E-state index contributed by atoms with van der Waals surface area (Å²) < 4.78 is 27.2. The predicted molar refractivity (Wildman–Crippen MR) is 51.8 cm³/mol. The number of alkyl halides is 2. The predicted octanol–water partition coefficient (Wildman–Crippen LogP) is 0.753. The number of halogens is 3. The van der Waals surface area contributed by atoms with Crippen molar-refractivity contribution in [1.29, 1.82) is 0 Å². The van der Waals surface area contributed by atoms with Crippen LogP contribution in [0.1, 0.15) is 12.8 Å². The molecule has 0 aliphatic rings. The Morgan fingerprint density at radius 1 is 1.69 bits per heavy atom. The lowest BCUT2D eigenvalue weighted by Crippen LogP contribution is -2.54. The van der Waals surface area contributed by atoms with Gasteiger partial charge in [0.25, 0.3) is 6.43 Å². The molecule has 1 unspecified atom stereocenters. The van der Waals surface area contributed by atoms with E-state index in [0.29, 0.717) is 13.0 Å². The van der Waals surface area contributed by atoms with E-state index in [9.17, 15) is 13.6 Å². The highest BCUT2D eigenvalue weighted by Crippen LogP contribution is 2.19. The van der Waals surface area contributed by atoms with Crippen molar-refractivity contribution in [1.82, 2.24) is 3.53 Å². The van der Waals surface area contributed by atoms with Gasteiger partial charge in [0.15, 0.2) is 5.54 Å². The summed E-state index contributed by atoms with van der Waals surface area (Å²) in [4.78, 5) is 10.4. The monoisotopic (exact) mass is 308 g/mol. The van der Waals surface area contributed by atoms with Crippen molar-refractivity contribution in [3.8, 4) is 0 Å². The fourth-order valence-corrected chi connectivity index (χ4v) is 1.14. The molecule has 0 aromatic carbocycles. The minimum Gasteiger partial charge on any atom is -0.480 e. The number of rotatable bonds is 6. The molecule has 4 N–H and O–H groups in total. The smallest absolute Gasteiger partial charge is 0.329 e. The molecule has 0 aromatic rings. The summed E-state index contributed by atoms with van der Waals surface area (Å²) in [5, 5.41) is 8.47. The van der Waals surface area contributed by atoms with Crippen molar-refractivity contribution in [2.75, 3.05) is 6.54 Å². The van der Waals surface area contributed by atoms with E-state index in [0.717, 1.165) is 0 Å². The highest BCUT2D eigenvalue weighted by atomic mass is 127. The molecule has 4 nitrogen and oxygen atoms in total. The van der Waals surface area contributed by atoms with Crippen LogP contribution in [0.15, 0.2) is 0 Å². The topological polar surface area (TPSA) is 75.3 Å². The Kier molecular flexibility index (Phi) is 5.65. The fraction of sp³-hybridized carbons (Fsp3) is 0.833. The lowest BCUT2D eigenvalue weighted by molar-refractivity contribution is -0.150. The van der Waals surface area contributed by atoms with Gasteiger partial charge in [-0.2, -0.15) is 0 Å². The van der Waals surface area contributed by atoms with Gasteiger partial charge in [-0.05, 0) is 12.8 Å². The standard InChI is InChI=1S/C6H11F2IN2O2/c7-4(8)6(10,5(12)13)2-1-3-11-9/h4,11H,1-3,10H2,(H,12,13). The van der Waals surface area contributed by atoms with Crippen molar-refractivity contribution in [2.24, 2.45) is 5.73 Å². The van der Waals surface area contributed by atoms with Gasteiger partial charge in [0.1, 0.15) is 0 Å². The number of hydrogen-bond donors (Lipinski definition) is 3. The molecule has 0 rings (SSSR count). The lowest BCUT2D eigenvalue weighted by atomic mass is 9.95. The Bertz CT molecular complexity index is 182. The molecule has 0 heterocycles. The zero-order valence-corrected chi connectivity index (χ0v) is 8.92. The van der Waals surface area contributed by atoms with E-state index >= 15 is 0 Å². The molecule has 0 amide bonds. The number of carboxylic acids is 1. The van der Waals surface area contributed by atoms with Crippen LogP contribution in [0, 0.1) is 0 Å². The molecule has 1 atom stereocenters. The minimum atomic E-state index is -3.04. The van der Waals surface area contributed by atoms with E-state index < -0.39 is 17.9 Å². The van der Waals surface area contributed by atoms with E-state index in [1.165, 1.54) is 0 Å². The Balaban J connectivity index is 4.17. The van der Waals surface area contributed by atoms with Gasteiger partial charge in [0.2, 0.25) is 0 Å². The largest absolute Gasteiger partial charge is 0.480 e. The molecular weight excluding hydrogens is 297 g/mol. The van der Waals surface area contributed by atoms with Crippen molar-refractivity contribution in [3.63, 3.8) is 0 Å². The quantitative estimate of drug-likeness (QED) is 0.385. The summed E-state index contributed by atoms with van der Waals surface area (Å²) in [5.74, 6) is -1.66. The van der Waals surface area contributed by atoms with E-state index in [4.69, 9.17) is 10.8 Å². The summed E-state index contributed by atoms with van der Waals surface area (Å²) in [7, 11) is 0. The maximum absolute atomic E-state index is 12.2. The van der Waals surface area contributed by atoms with Crippen LogP contribution in [0.4, 0.5) is 8.78 Å². The summed E-state index contributed by atoms with van der Waals surface area (Å²) >= 11 is 1.85. The second-order valence-corrected chi connectivity index (χ2v) is 3.40. The maximum Gasteiger partial charge on any atom is 0.329 e. The first kappa shape index (κ1) is 13.0.